The third-order valence-corrected chi connectivity index (χ3v) is 3.72. The molecule has 0 aromatic heterocycles. The molecular formula is C14H20F3N3. The van der Waals surface area contributed by atoms with Crippen LogP contribution in [0.15, 0.2) is 12.1 Å². The van der Waals surface area contributed by atoms with E-state index in [1.807, 2.05) is 0 Å². The highest BCUT2D eigenvalue weighted by Crippen LogP contribution is 2.37. The molecule has 1 unspecified atom stereocenters. The van der Waals surface area contributed by atoms with Gasteiger partial charge in [-0.2, -0.15) is 13.2 Å². The normalized spacial score (nSPS) is 21.1. The van der Waals surface area contributed by atoms with Crippen LogP contribution in [0.3, 0.4) is 0 Å². The lowest BCUT2D eigenvalue weighted by atomic mass is 9.99. The molecule has 0 radical (unpaired) electrons. The molecule has 1 heterocycles. The third-order valence-electron chi connectivity index (χ3n) is 3.72. The Morgan fingerprint density at radius 1 is 1.30 bits per heavy atom. The van der Waals surface area contributed by atoms with Crippen LogP contribution >= 0.6 is 0 Å². The smallest absolute Gasteiger partial charge is 0.397 e. The van der Waals surface area contributed by atoms with Gasteiger partial charge in [0.2, 0.25) is 0 Å². The quantitative estimate of drug-likeness (QED) is 0.822. The van der Waals surface area contributed by atoms with E-state index < -0.39 is 11.7 Å². The predicted octanol–water partition coefficient (Wildman–Crippen LogP) is 3.10. The van der Waals surface area contributed by atoms with Gasteiger partial charge in [0.15, 0.2) is 0 Å². The Labute approximate surface area is 116 Å². The van der Waals surface area contributed by atoms with Gasteiger partial charge in [-0.3, -0.25) is 4.90 Å². The van der Waals surface area contributed by atoms with E-state index in [4.69, 9.17) is 11.5 Å². The first kappa shape index (κ1) is 15.0. The summed E-state index contributed by atoms with van der Waals surface area (Å²) in [5.74, 6) is 0.581. The average molecular weight is 287 g/mol. The van der Waals surface area contributed by atoms with Gasteiger partial charge in [-0.05, 0) is 43.0 Å². The third kappa shape index (κ3) is 3.36. The molecule has 0 aliphatic carbocycles. The van der Waals surface area contributed by atoms with Gasteiger partial charge < -0.3 is 11.5 Å². The van der Waals surface area contributed by atoms with Crippen molar-refractivity contribution in [1.82, 2.24) is 4.90 Å². The van der Waals surface area contributed by atoms with E-state index in [1.165, 1.54) is 6.42 Å². The van der Waals surface area contributed by atoms with Crippen molar-refractivity contribution >= 4 is 11.4 Å². The molecule has 1 atom stereocenters. The topological polar surface area (TPSA) is 55.3 Å². The van der Waals surface area contributed by atoms with Crippen molar-refractivity contribution in [2.45, 2.75) is 32.5 Å². The second-order valence-corrected chi connectivity index (χ2v) is 5.63. The van der Waals surface area contributed by atoms with Gasteiger partial charge in [0.1, 0.15) is 0 Å². The summed E-state index contributed by atoms with van der Waals surface area (Å²) in [4.78, 5) is 2.17. The summed E-state index contributed by atoms with van der Waals surface area (Å²) in [7, 11) is 0. The van der Waals surface area contributed by atoms with Crippen molar-refractivity contribution < 1.29 is 13.2 Å². The van der Waals surface area contributed by atoms with E-state index in [1.54, 1.807) is 6.07 Å². The molecule has 4 N–H and O–H groups in total. The highest BCUT2D eigenvalue weighted by atomic mass is 19.4. The molecule has 1 aliphatic heterocycles. The van der Waals surface area contributed by atoms with Crippen LogP contribution in [-0.4, -0.2) is 18.0 Å². The van der Waals surface area contributed by atoms with Gasteiger partial charge in [-0.1, -0.05) is 6.92 Å². The second-order valence-electron chi connectivity index (χ2n) is 5.63. The Morgan fingerprint density at radius 3 is 2.60 bits per heavy atom. The van der Waals surface area contributed by atoms with Gasteiger partial charge in [-0.25, -0.2) is 0 Å². The fraction of sp³-hybridized carbons (Fsp3) is 0.571. The molecule has 1 fully saturated rings. The SMILES string of the molecule is CC1CCCN(Cc2cc(N)c(N)c(C(F)(F)F)c2)C1. The average Bonchev–Trinajstić information content (AvgIpc) is 2.32. The molecule has 0 saturated carbocycles. The van der Waals surface area contributed by atoms with E-state index in [0.29, 0.717) is 18.0 Å². The molecule has 1 aliphatic rings. The van der Waals surface area contributed by atoms with Crippen molar-refractivity contribution in [2.24, 2.45) is 5.92 Å². The van der Waals surface area contributed by atoms with Crippen LogP contribution in [0.25, 0.3) is 0 Å². The molecular weight excluding hydrogens is 267 g/mol. The largest absolute Gasteiger partial charge is 0.418 e. The molecule has 112 valence electrons. The molecule has 1 saturated heterocycles. The summed E-state index contributed by atoms with van der Waals surface area (Å²) in [6, 6.07) is 2.66. The van der Waals surface area contributed by atoms with E-state index in [-0.39, 0.29) is 11.4 Å². The first-order valence-corrected chi connectivity index (χ1v) is 6.75. The number of anilines is 2. The summed E-state index contributed by atoms with van der Waals surface area (Å²) in [5, 5.41) is 0. The van der Waals surface area contributed by atoms with Crippen LogP contribution < -0.4 is 11.5 Å². The van der Waals surface area contributed by atoms with Crippen LogP contribution in [0.5, 0.6) is 0 Å². The summed E-state index contributed by atoms with van der Waals surface area (Å²) in [6.45, 7) is 4.46. The predicted molar refractivity (Wildman–Crippen MR) is 73.9 cm³/mol. The van der Waals surface area contributed by atoms with Crippen molar-refractivity contribution in [1.29, 1.82) is 0 Å². The Balaban J connectivity index is 2.22. The molecule has 0 spiro atoms. The number of piperidine rings is 1. The minimum atomic E-state index is -4.47. The van der Waals surface area contributed by atoms with Gasteiger partial charge in [-0.15, -0.1) is 0 Å². The standard InChI is InChI=1S/C14H20F3N3/c1-9-3-2-4-20(7-9)8-10-5-11(14(15,16)17)13(19)12(18)6-10/h5-6,9H,2-4,7-8,18-19H2,1H3. The Morgan fingerprint density at radius 2 is 2.00 bits per heavy atom. The number of alkyl halides is 3. The van der Waals surface area contributed by atoms with Crippen LogP contribution in [0.4, 0.5) is 24.5 Å². The summed E-state index contributed by atoms with van der Waals surface area (Å²) >= 11 is 0. The van der Waals surface area contributed by atoms with Gasteiger partial charge in [0.25, 0.3) is 0 Å². The van der Waals surface area contributed by atoms with Gasteiger partial charge in [0, 0.05) is 13.1 Å². The number of hydrogen-bond acceptors (Lipinski definition) is 3. The lowest BCUT2D eigenvalue weighted by Gasteiger charge is -2.31. The Hall–Kier alpha value is -1.43. The number of nitrogens with zero attached hydrogens (tertiary/aromatic N) is 1. The van der Waals surface area contributed by atoms with E-state index in [9.17, 15) is 13.2 Å². The molecule has 0 bridgehead atoms. The number of halogens is 3. The zero-order valence-corrected chi connectivity index (χ0v) is 11.5. The molecule has 2 rings (SSSR count). The summed E-state index contributed by atoms with van der Waals surface area (Å²) in [5.41, 5.74) is 10.4. The molecule has 3 nitrogen and oxygen atoms in total. The number of hydrogen-bond donors (Lipinski definition) is 2. The van der Waals surface area contributed by atoms with E-state index in [2.05, 4.69) is 11.8 Å². The highest BCUT2D eigenvalue weighted by molar-refractivity contribution is 5.69. The minimum absolute atomic E-state index is 0.000108. The highest BCUT2D eigenvalue weighted by Gasteiger charge is 2.34. The maximum absolute atomic E-state index is 12.9. The van der Waals surface area contributed by atoms with Crippen LogP contribution in [0.1, 0.15) is 30.9 Å². The lowest BCUT2D eigenvalue weighted by molar-refractivity contribution is -0.136. The number of nitrogen functional groups attached to an aromatic ring is 2. The fourth-order valence-corrected chi connectivity index (χ4v) is 2.75. The molecule has 6 heteroatoms. The van der Waals surface area contributed by atoms with Crippen LogP contribution in [0.2, 0.25) is 0 Å². The zero-order chi connectivity index (χ0) is 14.9. The lowest BCUT2D eigenvalue weighted by Crippen LogP contribution is -2.33. The monoisotopic (exact) mass is 287 g/mol. The number of benzene rings is 1. The number of likely N-dealkylation sites (tertiary alicyclic amines) is 1. The van der Waals surface area contributed by atoms with Gasteiger partial charge >= 0.3 is 6.18 Å². The van der Waals surface area contributed by atoms with E-state index >= 15 is 0 Å². The van der Waals surface area contributed by atoms with Crippen LogP contribution in [0, 0.1) is 5.92 Å². The first-order valence-electron chi connectivity index (χ1n) is 6.75. The Bertz CT molecular complexity index is 485. The second kappa shape index (κ2) is 5.52. The van der Waals surface area contributed by atoms with Gasteiger partial charge in [0.05, 0.1) is 16.9 Å². The van der Waals surface area contributed by atoms with Crippen molar-refractivity contribution in [2.75, 3.05) is 24.6 Å². The fourth-order valence-electron chi connectivity index (χ4n) is 2.75. The molecule has 0 amide bonds. The first-order chi connectivity index (χ1) is 9.27. The molecule has 1 aromatic rings. The summed E-state index contributed by atoms with van der Waals surface area (Å²) < 4.78 is 38.7. The van der Waals surface area contributed by atoms with Crippen molar-refractivity contribution in [3.8, 4) is 0 Å². The number of nitrogens with two attached hydrogens (primary N) is 2. The number of rotatable bonds is 2. The van der Waals surface area contributed by atoms with Crippen LogP contribution in [-0.2, 0) is 12.7 Å². The van der Waals surface area contributed by atoms with Crippen molar-refractivity contribution in [3.63, 3.8) is 0 Å². The molecule has 20 heavy (non-hydrogen) atoms. The van der Waals surface area contributed by atoms with Crippen molar-refractivity contribution in [3.05, 3.63) is 23.3 Å². The van der Waals surface area contributed by atoms with E-state index in [0.717, 1.165) is 25.6 Å². The zero-order valence-electron chi connectivity index (χ0n) is 11.5. The molecule has 1 aromatic carbocycles. The minimum Gasteiger partial charge on any atom is -0.397 e. The maximum atomic E-state index is 12.9. The maximum Gasteiger partial charge on any atom is 0.418 e. The summed E-state index contributed by atoms with van der Waals surface area (Å²) in [6.07, 6.45) is -2.21. The Kier molecular flexibility index (Phi) is 4.13.